The number of hydrogen-bond acceptors (Lipinski definition) is 0. The summed E-state index contributed by atoms with van der Waals surface area (Å²) < 4.78 is 0. The van der Waals surface area contributed by atoms with Gasteiger partial charge in [0.25, 0.3) is 0 Å². The Balaban J connectivity index is 0. The normalized spacial score (nSPS) is 0. The van der Waals surface area contributed by atoms with E-state index in [-0.39, 0.29) is 154 Å². The molecule has 76 valence electrons. The minimum atomic E-state index is 0. The predicted octanol–water partition coefficient (Wildman–Crippen LogP) is -18.8. The third kappa shape index (κ3) is 72.4. The largest absolute Gasteiger partial charge is 3.00 e. The summed E-state index contributed by atoms with van der Waals surface area (Å²) in [7, 11) is 0. The van der Waals surface area contributed by atoms with Gasteiger partial charge < -0.3 is 79.9 Å². The van der Waals surface area contributed by atoms with Crippen molar-refractivity contribution in [2.24, 2.45) is 0 Å². The van der Waals surface area contributed by atoms with Crippen LogP contribution in [0.1, 0.15) is 0 Å². The van der Waals surface area contributed by atoms with Crippen LogP contribution in [0.3, 0.4) is 0 Å². The summed E-state index contributed by atoms with van der Waals surface area (Å²) in [5.74, 6) is 0. The third-order valence-corrected chi connectivity index (χ3v) is 0. The van der Waals surface area contributed by atoms with E-state index in [1.54, 1.807) is 0 Å². The van der Waals surface area contributed by atoms with Crippen molar-refractivity contribution in [3.8, 4) is 0 Å². The maximum atomic E-state index is 0. The summed E-state index contributed by atoms with van der Waals surface area (Å²) in [6, 6.07) is 0. The minimum absolute atomic E-state index is 0. The fraction of sp³-hybridized carbons (Fsp3) is 0. The Morgan fingerprint density at radius 3 is 0.333 bits per heavy atom. The molecule has 0 unspecified atom stereocenters. The fourth-order valence-corrected chi connectivity index (χ4v) is 0. The van der Waals surface area contributed by atoms with E-state index in [9.17, 15) is 0 Å². The molecule has 0 fully saturated rings. The third-order valence-electron chi connectivity index (χ3n) is 0. The van der Waals surface area contributed by atoms with Gasteiger partial charge in [-0.05, 0) is 0 Å². The first-order valence-electron chi connectivity index (χ1n) is 0. The van der Waals surface area contributed by atoms with Crippen LogP contribution in [0.15, 0.2) is 0 Å². The molecule has 2 N–H and O–H groups in total. The van der Waals surface area contributed by atoms with E-state index >= 15 is 0 Å². The van der Waals surface area contributed by atoms with Crippen LogP contribution in [0, 0.1) is 73.7 Å². The molecule has 0 atom stereocenters. The van der Waals surface area contributed by atoms with Crippen molar-refractivity contribution in [2.45, 2.75) is 0 Å². The second-order valence-electron chi connectivity index (χ2n) is 0. The van der Waals surface area contributed by atoms with Crippen molar-refractivity contribution >= 4 is 0 Å². The molecule has 0 spiro atoms. The van der Waals surface area contributed by atoms with Gasteiger partial charge >= 0.3 is 73.7 Å². The Kier molecular flexibility index (Phi) is 1090. The molecule has 9 heteroatoms. The van der Waals surface area contributed by atoms with Crippen molar-refractivity contribution in [3.05, 3.63) is 0 Å². The summed E-state index contributed by atoms with van der Waals surface area (Å²) in [5.41, 5.74) is 0. The van der Waals surface area contributed by atoms with Gasteiger partial charge in [-0.15, -0.1) is 0 Å². The van der Waals surface area contributed by atoms with Crippen molar-refractivity contribution in [1.29, 1.82) is 0 Å². The second kappa shape index (κ2) is 87.4. The van der Waals surface area contributed by atoms with Gasteiger partial charge in [-0.25, -0.2) is 0 Å². The Labute approximate surface area is 150 Å². The van der Waals surface area contributed by atoms with Crippen LogP contribution in [-0.2, 0) is 0 Å². The maximum absolute atomic E-state index is 0. The number of halogens is 6. The molecule has 0 aromatic carbocycles. The van der Waals surface area contributed by atoms with E-state index in [0.29, 0.717) is 0 Å². The summed E-state index contributed by atoms with van der Waals surface area (Å²) in [6.07, 6.45) is 0. The first-order chi connectivity index (χ1) is 0. The molecule has 0 amide bonds. The molecule has 0 aliphatic heterocycles. The molecule has 0 aromatic rings. The van der Waals surface area contributed by atoms with Gasteiger partial charge in [0.1, 0.15) is 0 Å². The van der Waals surface area contributed by atoms with Gasteiger partial charge in [0, 0.05) is 0 Å². The molecular weight excluding hydrogens is 567 g/mol. The Morgan fingerprint density at radius 1 is 0.333 bits per heavy atom. The van der Waals surface area contributed by atoms with E-state index < -0.39 is 0 Å². The van der Waals surface area contributed by atoms with Crippen molar-refractivity contribution < 1.29 is 154 Å². The summed E-state index contributed by atoms with van der Waals surface area (Å²) in [5, 5.41) is 0. The van der Waals surface area contributed by atoms with Gasteiger partial charge in [0.2, 0.25) is 0 Å². The average Bonchev–Trinajstić information content (AvgIpc) is 0. The zero-order valence-corrected chi connectivity index (χ0v) is 11.4. The molecule has 0 saturated carbocycles. The smallest absolute Gasteiger partial charge is 1.00 e. The fourth-order valence-electron chi connectivity index (χ4n) is 0. The average molecular weight is 569 g/mol. The minimum Gasteiger partial charge on any atom is -1.00 e. The molecular formula is H2Cl6OTm2. The van der Waals surface area contributed by atoms with Crippen molar-refractivity contribution in [2.75, 3.05) is 0 Å². The molecule has 1 nitrogen and oxygen atoms in total. The van der Waals surface area contributed by atoms with Crippen LogP contribution in [0.4, 0.5) is 0 Å². The second-order valence-corrected chi connectivity index (χ2v) is 0. The van der Waals surface area contributed by atoms with Gasteiger partial charge in [0.05, 0.1) is 0 Å². The standard InChI is InChI=1S/6ClH.H2O.2Tm/h6*1H;1H2;;/q;;;;;;;2*+3/p-6. The SMILES string of the molecule is O.[Cl-].[Cl-].[Cl-].[Cl-].[Cl-].[Cl-].[Tm+3].[Tm+3]. The van der Waals surface area contributed by atoms with Gasteiger partial charge in [0.15, 0.2) is 0 Å². The molecule has 0 heterocycles. The van der Waals surface area contributed by atoms with Gasteiger partial charge in [-0.1, -0.05) is 0 Å². The first kappa shape index (κ1) is 112. The molecule has 0 rings (SSSR count). The number of hydrogen-bond donors (Lipinski definition) is 0. The molecule has 0 bridgehead atoms. The molecule has 0 radical (unpaired) electrons. The summed E-state index contributed by atoms with van der Waals surface area (Å²) in [6.45, 7) is 0. The zero-order valence-electron chi connectivity index (χ0n) is 3.32. The number of rotatable bonds is 0. The molecule has 0 aliphatic carbocycles. The van der Waals surface area contributed by atoms with Crippen molar-refractivity contribution in [3.63, 3.8) is 0 Å². The van der Waals surface area contributed by atoms with Crippen LogP contribution in [-0.4, -0.2) is 5.48 Å². The molecule has 0 aromatic heterocycles. The summed E-state index contributed by atoms with van der Waals surface area (Å²) in [4.78, 5) is 0. The van der Waals surface area contributed by atoms with Crippen LogP contribution < -0.4 is 74.4 Å². The topological polar surface area (TPSA) is 31.5 Å². The Morgan fingerprint density at radius 2 is 0.333 bits per heavy atom. The van der Waals surface area contributed by atoms with Crippen LogP contribution in [0.25, 0.3) is 0 Å². The first-order valence-corrected chi connectivity index (χ1v) is 0. The van der Waals surface area contributed by atoms with Gasteiger partial charge in [-0.2, -0.15) is 0 Å². The van der Waals surface area contributed by atoms with Crippen LogP contribution >= 0.6 is 0 Å². The monoisotopic (exact) mass is 566 g/mol. The zero-order chi connectivity index (χ0) is 0. The van der Waals surface area contributed by atoms with E-state index in [0.717, 1.165) is 0 Å². The van der Waals surface area contributed by atoms with Gasteiger partial charge in [-0.3, -0.25) is 0 Å². The van der Waals surface area contributed by atoms with E-state index in [1.165, 1.54) is 0 Å². The maximum Gasteiger partial charge on any atom is 3.00 e. The van der Waals surface area contributed by atoms with Crippen molar-refractivity contribution in [1.82, 2.24) is 0 Å². The van der Waals surface area contributed by atoms with E-state index in [2.05, 4.69) is 0 Å². The van der Waals surface area contributed by atoms with Crippen LogP contribution in [0.5, 0.6) is 0 Å². The van der Waals surface area contributed by atoms with E-state index in [1.807, 2.05) is 0 Å². The van der Waals surface area contributed by atoms with Crippen LogP contribution in [0.2, 0.25) is 0 Å². The summed E-state index contributed by atoms with van der Waals surface area (Å²) >= 11 is 0. The Hall–Kier alpha value is 4.17. The molecule has 0 saturated heterocycles. The predicted molar refractivity (Wildman–Crippen MR) is 3.61 cm³/mol. The van der Waals surface area contributed by atoms with E-state index in [4.69, 9.17) is 0 Å². The quantitative estimate of drug-likeness (QED) is 0.278. The molecule has 0 aliphatic rings. The Bertz CT molecular complexity index is 11.0. The molecule has 9 heavy (non-hydrogen) atoms.